The van der Waals surface area contributed by atoms with Gasteiger partial charge in [-0.25, -0.2) is 0 Å². The molecule has 0 fully saturated rings. The van der Waals surface area contributed by atoms with E-state index in [1.165, 1.54) is 12.1 Å². The number of carbonyl (C=O) groups excluding carboxylic acids is 1. The van der Waals surface area contributed by atoms with E-state index >= 15 is 0 Å². The van der Waals surface area contributed by atoms with Crippen LogP contribution in [0.25, 0.3) is 0 Å². The highest BCUT2D eigenvalue weighted by Gasteiger charge is 2.17. The minimum Gasteiger partial charge on any atom is -0.493 e. The summed E-state index contributed by atoms with van der Waals surface area (Å²) in [6.45, 7) is 2.07. The van der Waals surface area contributed by atoms with Crippen LogP contribution < -0.4 is 9.47 Å². The predicted octanol–water partition coefficient (Wildman–Crippen LogP) is 3.10. The lowest BCUT2D eigenvalue weighted by Crippen LogP contribution is -2.12. The topological polar surface area (TPSA) is 78.7 Å². The molecule has 0 spiro atoms. The Bertz CT molecular complexity index is 785. The summed E-state index contributed by atoms with van der Waals surface area (Å²) in [6, 6.07) is 9.87. The van der Waals surface area contributed by atoms with Crippen LogP contribution in [-0.2, 0) is 6.42 Å². The first kappa shape index (κ1) is 15.0. The van der Waals surface area contributed by atoms with Gasteiger partial charge in [0.15, 0.2) is 12.4 Å². The number of ketones is 1. The predicted molar refractivity (Wildman–Crippen MR) is 83.3 cm³/mol. The zero-order valence-corrected chi connectivity index (χ0v) is 12.6. The van der Waals surface area contributed by atoms with Crippen molar-refractivity contribution in [1.29, 1.82) is 0 Å². The van der Waals surface area contributed by atoms with Gasteiger partial charge in [-0.15, -0.1) is 0 Å². The van der Waals surface area contributed by atoms with Crippen molar-refractivity contribution in [1.82, 2.24) is 0 Å². The molecule has 3 rings (SSSR count). The number of ether oxygens (including phenoxy) is 2. The number of fused-ring (bicyclic) bond motifs is 1. The van der Waals surface area contributed by atoms with Gasteiger partial charge in [0.25, 0.3) is 5.69 Å². The van der Waals surface area contributed by atoms with E-state index in [4.69, 9.17) is 9.47 Å². The summed E-state index contributed by atoms with van der Waals surface area (Å²) >= 11 is 0. The Labute approximate surface area is 132 Å². The Morgan fingerprint density at radius 1 is 1.35 bits per heavy atom. The van der Waals surface area contributed by atoms with Gasteiger partial charge in [-0.2, -0.15) is 0 Å². The van der Waals surface area contributed by atoms with Crippen LogP contribution in [0.1, 0.15) is 21.5 Å². The maximum Gasteiger partial charge on any atom is 0.276 e. The highest BCUT2D eigenvalue weighted by molar-refractivity contribution is 5.97. The molecule has 0 unspecified atom stereocenters. The van der Waals surface area contributed by atoms with Gasteiger partial charge in [-0.3, -0.25) is 14.9 Å². The number of rotatable bonds is 5. The molecule has 118 valence electrons. The monoisotopic (exact) mass is 313 g/mol. The van der Waals surface area contributed by atoms with Crippen LogP contribution in [0.15, 0.2) is 36.4 Å². The molecular weight excluding hydrogens is 298 g/mol. The second-order valence-electron chi connectivity index (χ2n) is 5.29. The van der Waals surface area contributed by atoms with Gasteiger partial charge in [0.2, 0.25) is 0 Å². The first-order valence-electron chi connectivity index (χ1n) is 7.22. The molecule has 0 aliphatic carbocycles. The summed E-state index contributed by atoms with van der Waals surface area (Å²) < 4.78 is 10.9. The maximum atomic E-state index is 12.2. The number of nitrogens with zero attached hydrogens (tertiary/aromatic N) is 1. The lowest BCUT2D eigenvalue weighted by atomic mass is 10.1. The second-order valence-corrected chi connectivity index (χ2v) is 5.29. The van der Waals surface area contributed by atoms with Gasteiger partial charge >= 0.3 is 0 Å². The van der Waals surface area contributed by atoms with E-state index in [0.717, 1.165) is 17.7 Å². The molecule has 23 heavy (non-hydrogen) atoms. The quantitative estimate of drug-likeness (QED) is 0.481. The van der Waals surface area contributed by atoms with E-state index in [1.807, 2.05) is 6.07 Å². The van der Waals surface area contributed by atoms with Crippen LogP contribution >= 0.6 is 0 Å². The molecule has 0 radical (unpaired) electrons. The number of hydrogen-bond acceptors (Lipinski definition) is 5. The van der Waals surface area contributed by atoms with E-state index in [0.29, 0.717) is 23.5 Å². The zero-order chi connectivity index (χ0) is 16.4. The minimum atomic E-state index is -0.468. The summed E-state index contributed by atoms with van der Waals surface area (Å²) in [5, 5.41) is 10.9. The Hall–Kier alpha value is -2.89. The van der Waals surface area contributed by atoms with Gasteiger partial charge < -0.3 is 9.47 Å². The molecule has 2 aromatic rings. The normalized spacial score (nSPS) is 12.4. The van der Waals surface area contributed by atoms with Gasteiger partial charge in [-0.1, -0.05) is 6.07 Å². The summed E-state index contributed by atoms with van der Waals surface area (Å²) in [6.07, 6.45) is 0.793. The molecule has 6 nitrogen and oxygen atoms in total. The summed E-state index contributed by atoms with van der Waals surface area (Å²) in [4.78, 5) is 22.7. The molecule has 0 N–H and O–H groups in total. The Morgan fingerprint density at radius 2 is 2.17 bits per heavy atom. The van der Waals surface area contributed by atoms with Gasteiger partial charge in [-0.05, 0) is 36.8 Å². The lowest BCUT2D eigenvalue weighted by Gasteiger charge is -2.09. The lowest BCUT2D eigenvalue weighted by molar-refractivity contribution is -0.385. The van der Waals surface area contributed by atoms with Crippen LogP contribution in [0.4, 0.5) is 5.69 Å². The molecule has 1 aliphatic heterocycles. The molecule has 1 aliphatic rings. The molecule has 0 bridgehead atoms. The van der Waals surface area contributed by atoms with E-state index < -0.39 is 4.92 Å². The largest absolute Gasteiger partial charge is 0.493 e. The first-order valence-corrected chi connectivity index (χ1v) is 7.22. The van der Waals surface area contributed by atoms with Crippen molar-refractivity contribution in [3.05, 3.63) is 63.2 Å². The molecule has 2 aromatic carbocycles. The van der Waals surface area contributed by atoms with Crippen LogP contribution in [0, 0.1) is 17.0 Å². The van der Waals surface area contributed by atoms with Crippen molar-refractivity contribution in [3.8, 4) is 11.5 Å². The van der Waals surface area contributed by atoms with Crippen molar-refractivity contribution in [3.63, 3.8) is 0 Å². The third-order valence-corrected chi connectivity index (χ3v) is 3.82. The molecule has 0 saturated heterocycles. The van der Waals surface area contributed by atoms with Gasteiger partial charge in [0.05, 0.1) is 17.1 Å². The summed E-state index contributed by atoms with van der Waals surface area (Å²) in [7, 11) is 0. The first-order chi connectivity index (χ1) is 11.1. The van der Waals surface area contributed by atoms with Crippen LogP contribution in [-0.4, -0.2) is 23.9 Å². The smallest absolute Gasteiger partial charge is 0.276 e. The Balaban J connectivity index is 1.72. The molecule has 0 atom stereocenters. The minimum absolute atomic E-state index is 0.0235. The molecule has 6 heteroatoms. The van der Waals surface area contributed by atoms with Crippen LogP contribution in [0.2, 0.25) is 0 Å². The Morgan fingerprint density at radius 3 is 2.96 bits per heavy atom. The number of hydrogen-bond donors (Lipinski definition) is 0. The van der Waals surface area contributed by atoms with E-state index in [-0.39, 0.29) is 18.1 Å². The fourth-order valence-electron chi connectivity index (χ4n) is 2.54. The number of benzene rings is 2. The van der Waals surface area contributed by atoms with Crippen molar-refractivity contribution in [2.45, 2.75) is 13.3 Å². The van der Waals surface area contributed by atoms with E-state index in [9.17, 15) is 14.9 Å². The average molecular weight is 313 g/mol. The fraction of sp³-hybridized carbons (Fsp3) is 0.235. The van der Waals surface area contributed by atoms with Crippen molar-refractivity contribution >= 4 is 11.5 Å². The molecule has 0 saturated carbocycles. The van der Waals surface area contributed by atoms with Crippen molar-refractivity contribution in [2.24, 2.45) is 0 Å². The Kier molecular flexibility index (Phi) is 3.97. The molecule has 0 amide bonds. The number of Topliss-reactive ketones (excluding diaryl/α,β-unsaturated/α-hetero) is 1. The average Bonchev–Trinajstić information content (AvgIpc) is 3.00. The SMILES string of the molecule is Cc1c(OCC(=O)c2ccc3c(c2)CCO3)cccc1[N+](=O)[O-]. The number of nitro groups is 1. The molecule has 0 aromatic heterocycles. The maximum absolute atomic E-state index is 12.2. The van der Waals surface area contributed by atoms with Crippen LogP contribution in [0.5, 0.6) is 11.5 Å². The van der Waals surface area contributed by atoms with E-state index in [2.05, 4.69) is 0 Å². The summed E-state index contributed by atoms with van der Waals surface area (Å²) in [5.74, 6) is 0.986. The standard InChI is InChI=1S/C17H15NO5/c1-11-14(18(20)21)3-2-4-16(11)23-10-15(19)12-5-6-17-13(9-12)7-8-22-17/h2-6,9H,7-8,10H2,1H3. The zero-order valence-electron chi connectivity index (χ0n) is 12.6. The molecular formula is C17H15NO5. The highest BCUT2D eigenvalue weighted by Crippen LogP contribution is 2.28. The van der Waals surface area contributed by atoms with Crippen LogP contribution in [0.3, 0.4) is 0 Å². The summed E-state index contributed by atoms with van der Waals surface area (Å²) in [5.41, 5.74) is 1.96. The van der Waals surface area contributed by atoms with Gasteiger partial charge in [0.1, 0.15) is 11.5 Å². The second kappa shape index (κ2) is 6.08. The third-order valence-electron chi connectivity index (χ3n) is 3.82. The van der Waals surface area contributed by atoms with Crippen molar-refractivity contribution in [2.75, 3.05) is 13.2 Å². The number of carbonyl (C=O) groups is 1. The van der Waals surface area contributed by atoms with E-state index in [1.54, 1.807) is 25.1 Å². The van der Waals surface area contributed by atoms with Crippen molar-refractivity contribution < 1.29 is 19.2 Å². The third kappa shape index (κ3) is 3.01. The van der Waals surface area contributed by atoms with Gasteiger partial charge in [0, 0.05) is 18.1 Å². The number of nitro benzene ring substituents is 1. The fourth-order valence-corrected chi connectivity index (χ4v) is 2.54. The molecule has 1 heterocycles. The highest BCUT2D eigenvalue weighted by atomic mass is 16.6.